The quantitative estimate of drug-likeness (QED) is 0.562. The molecule has 2 N–H and O–H groups in total. The van der Waals surface area contributed by atoms with E-state index in [-0.39, 0.29) is 18.4 Å². The van der Waals surface area contributed by atoms with Crippen LogP contribution in [0.1, 0.15) is 44.8 Å². The third-order valence-electron chi connectivity index (χ3n) is 3.22. The van der Waals surface area contributed by atoms with Gasteiger partial charge in [-0.1, -0.05) is 32.4 Å². The minimum atomic E-state index is -0.414. The van der Waals surface area contributed by atoms with Gasteiger partial charge in [-0.3, -0.25) is 0 Å². The first-order valence-electron chi connectivity index (χ1n) is 6.78. The molecule has 0 saturated heterocycles. The number of thioether (sulfide) groups is 1. The van der Waals surface area contributed by atoms with E-state index in [4.69, 9.17) is 0 Å². The van der Waals surface area contributed by atoms with Crippen molar-refractivity contribution in [3.8, 4) is 0 Å². The van der Waals surface area contributed by atoms with E-state index in [0.717, 1.165) is 24.9 Å². The number of benzene rings is 1. The van der Waals surface area contributed by atoms with Crippen LogP contribution >= 0.6 is 24.2 Å². The van der Waals surface area contributed by atoms with Crippen LogP contribution in [0.2, 0.25) is 0 Å². The molecule has 4 heteroatoms. The Kier molecular flexibility index (Phi) is 10.4. The molecule has 0 spiro atoms. The van der Waals surface area contributed by atoms with Gasteiger partial charge >= 0.3 is 0 Å². The molecule has 0 aliphatic heterocycles. The summed E-state index contributed by atoms with van der Waals surface area (Å²) in [5.41, 5.74) is 1.00. The molecule has 0 fully saturated rings. The van der Waals surface area contributed by atoms with Gasteiger partial charge in [-0.05, 0) is 43.3 Å². The van der Waals surface area contributed by atoms with Gasteiger partial charge in [0.05, 0.1) is 6.10 Å². The second-order valence-electron chi connectivity index (χ2n) is 4.54. The van der Waals surface area contributed by atoms with Crippen LogP contribution in [0.5, 0.6) is 0 Å². The van der Waals surface area contributed by atoms with Crippen LogP contribution in [0.15, 0.2) is 29.2 Å². The Morgan fingerprint density at radius 3 is 2.32 bits per heavy atom. The number of unbranched alkanes of at least 4 members (excludes halogenated alkanes) is 1. The zero-order valence-corrected chi connectivity index (χ0v) is 13.7. The maximum absolute atomic E-state index is 10.4. The molecule has 0 aliphatic rings. The fraction of sp³-hybridized carbons (Fsp3) is 0.600. The monoisotopic (exact) mass is 303 g/mol. The van der Waals surface area contributed by atoms with Crippen LogP contribution in [-0.4, -0.2) is 23.9 Å². The van der Waals surface area contributed by atoms with Crippen molar-refractivity contribution in [2.24, 2.45) is 0 Å². The minimum Gasteiger partial charge on any atom is -0.387 e. The van der Waals surface area contributed by atoms with E-state index in [1.807, 2.05) is 12.1 Å². The van der Waals surface area contributed by atoms with E-state index in [1.54, 1.807) is 11.8 Å². The predicted molar refractivity (Wildman–Crippen MR) is 87.4 cm³/mol. The number of nitrogens with one attached hydrogen (secondary N) is 1. The van der Waals surface area contributed by atoms with Crippen molar-refractivity contribution in [2.75, 3.05) is 12.8 Å². The molecule has 0 saturated carbocycles. The summed E-state index contributed by atoms with van der Waals surface area (Å²) < 4.78 is 0. The molecule has 2 unspecified atom stereocenters. The van der Waals surface area contributed by atoms with Crippen molar-refractivity contribution >= 4 is 24.2 Å². The summed E-state index contributed by atoms with van der Waals surface area (Å²) >= 11 is 1.72. The van der Waals surface area contributed by atoms with Crippen molar-refractivity contribution < 1.29 is 5.11 Å². The number of rotatable bonds is 8. The molecule has 110 valence electrons. The Labute approximate surface area is 127 Å². The Balaban J connectivity index is 0.00000324. The van der Waals surface area contributed by atoms with Gasteiger partial charge in [-0.25, -0.2) is 0 Å². The molecule has 0 aromatic heterocycles. The summed E-state index contributed by atoms with van der Waals surface area (Å²) in [5, 5.41) is 13.8. The number of aliphatic hydroxyl groups is 1. The van der Waals surface area contributed by atoms with Gasteiger partial charge in [-0.15, -0.1) is 24.2 Å². The first-order valence-corrected chi connectivity index (χ1v) is 8.00. The third-order valence-corrected chi connectivity index (χ3v) is 3.96. The van der Waals surface area contributed by atoms with Gasteiger partial charge in [0, 0.05) is 10.9 Å². The number of hydrogen-bond donors (Lipinski definition) is 2. The Morgan fingerprint density at radius 2 is 1.84 bits per heavy atom. The van der Waals surface area contributed by atoms with E-state index < -0.39 is 6.10 Å². The maximum atomic E-state index is 10.4. The largest absolute Gasteiger partial charge is 0.387 e. The van der Waals surface area contributed by atoms with Gasteiger partial charge in [0.2, 0.25) is 0 Å². The maximum Gasteiger partial charge on any atom is 0.0942 e. The highest BCUT2D eigenvalue weighted by Crippen LogP contribution is 2.22. The van der Waals surface area contributed by atoms with E-state index in [9.17, 15) is 5.11 Å². The molecule has 1 aromatic rings. The lowest BCUT2D eigenvalue weighted by atomic mass is 10.0. The highest BCUT2D eigenvalue weighted by Gasteiger charge is 2.18. The van der Waals surface area contributed by atoms with Crippen molar-refractivity contribution in [3.63, 3.8) is 0 Å². The van der Waals surface area contributed by atoms with Crippen LogP contribution < -0.4 is 5.32 Å². The molecule has 2 nitrogen and oxygen atoms in total. The van der Waals surface area contributed by atoms with Crippen LogP contribution in [0.25, 0.3) is 0 Å². The van der Waals surface area contributed by atoms with Crippen LogP contribution in [0.3, 0.4) is 0 Å². The molecule has 0 amide bonds. The summed E-state index contributed by atoms with van der Waals surface area (Å²) in [4.78, 5) is 1.23. The topological polar surface area (TPSA) is 32.3 Å². The lowest BCUT2D eigenvalue weighted by Gasteiger charge is -2.23. The van der Waals surface area contributed by atoms with Crippen LogP contribution in [-0.2, 0) is 0 Å². The summed E-state index contributed by atoms with van der Waals surface area (Å²) in [7, 11) is 0. The lowest BCUT2D eigenvalue weighted by molar-refractivity contribution is 0.126. The second-order valence-corrected chi connectivity index (χ2v) is 5.42. The standard InChI is InChI=1S/C15H25NOS.ClH/c1-4-6-11-16-14(5-2)15(17)12-7-9-13(18-3)10-8-12;/h7-10,14-17H,4-6,11H2,1-3H3;1H. The van der Waals surface area contributed by atoms with Gasteiger partial charge < -0.3 is 10.4 Å². The van der Waals surface area contributed by atoms with Crippen LogP contribution in [0, 0.1) is 0 Å². The fourth-order valence-electron chi connectivity index (χ4n) is 1.98. The summed E-state index contributed by atoms with van der Waals surface area (Å²) in [6.07, 6.45) is 4.93. The van der Waals surface area contributed by atoms with Crippen molar-refractivity contribution in [3.05, 3.63) is 29.8 Å². The first-order chi connectivity index (χ1) is 8.72. The average Bonchev–Trinajstić information content (AvgIpc) is 2.43. The van der Waals surface area contributed by atoms with Crippen LogP contribution in [0.4, 0.5) is 0 Å². The summed E-state index contributed by atoms with van der Waals surface area (Å²) in [5.74, 6) is 0. The molecular formula is C15H26ClNOS. The zero-order chi connectivity index (χ0) is 13.4. The Morgan fingerprint density at radius 1 is 1.21 bits per heavy atom. The fourth-order valence-corrected chi connectivity index (χ4v) is 2.39. The zero-order valence-electron chi connectivity index (χ0n) is 12.1. The van der Waals surface area contributed by atoms with Gasteiger partial charge in [0.15, 0.2) is 0 Å². The van der Waals surface area contributed by atoms with Crippen molar-refractivity contribution in [1.82, 2.24) is 5.32 Å². The van der Waals surface area contributed by atoms with Gasteiger partial charge in [0.1, 0.15) is 0 Å². The molecule has 1 aromatic carbocycles. The van der Waals surface area contributed by atoms with E-state index in [1.165, 1.54) is 11.3 Å². The van der Waals surface area contributed by atoms with E-state index in [0.29, 0.717) is 0 Å². The minimum absolute atomic E-state index is 0. The molecule has 1 rings (SSSR count). The number of aliphatic hydroxyl groups excluding tert-OH is 1. The molecule has 0 radical (unpaired) electrons. The normalized spacial score (nSPS) is 13.7. The number of halogens is 1. The van der Waals surface area contributed by atoms with Gasteiger partial charge in [0.25, 0.3) is 0 Å². The molecular weight excluding hydrogens is 278 g/mol. The molecule has 0 heterocycles. The smallest absolute Gasteiger partial charge is 0.0942 e. The highest BCUT2D eigenvalue weighted by atomic mass is 35.5. The van der Waals surface area contributed by atoms with Gasteiger partial charge in [-0.2, -0.15) is 0 Å². The SMILES string of the molecule is CCCCNC(CC)C(O)c1ccc(SC)cc1.Cl. The van der Waals surface area contributed by atoms with E-state index in [2.05, 4.69) is 37.6 Å². The molecule has 0 aliphatic carbocycles. The lowest BCUT2D eigenvalue weighted by Crippen LogP contribution is -2.35. The second kappa shape index (κ2) is 10.6. The molecule has 0 bridgehead atoms. The third kappa shape index (κ3) is 6.17. The molecule has 19 heavy (non-hydrogen) atoms. The van der Waals surface area contributed by atoms with Crippen molar-refractivity contribution in [2.45, 2.75) is 50.2 Å². The predicted octanol–water partition coefficient (Wildman–Crippen LogP) is 4.03. The highest BCUT2D eigenvalue weighted by molar-refractivity contribution is 7.98. The number of hydrogen-bond acceptors (Lipinski definition) is 3. The average molecular weight is 304 g/mol. The summed E-state index contributed by atoms with van der Waals surface area (Å²) in [6.45, 7) is 5.28. The Bertz CT molecular complexity index is 331. The molecule has 2 atom stereocenters. The van der Waals surface area contributed by atoms with E-state index >= 15 is 0 Å². The van der Waals surface area contributed by atoms with Crippen molar-refractivity contribution in [1.29, 1.82) is 0 Å². The summed E-state index contributed by atoms with van der Waals surface area (Å²) in [6, 6.07) is 8.35. The first kappa shape index (κ1) is 18.8. The Hall–Kier alpha value is -0.220.